The standard InChI is InChI=1S/C16H18N4O2S/c1-3-17-16-19-10(2)14(23-16)15(21)18-9-8-13-20-11-6-4-5-7-12(11)22-13/h4-7H,3,8-9H2,1-2H3,(H,17,19)(H,18,21). The summed E-state index contributed by atoms with van der Waals surface area (Å²) in [4.78, 5) is 21.6. The lowest BCUT2D eigenvalue weighted by Gasteiger charge is -2.01. The number of hydrogen-bond acceptors (Lipinski definition) is 6. The molecule has 7 heteroatoms. The van der Waals surface area contributed by atoms with E-state index in [2.05, 4.69) is 20.6 Å². The number of hydrogen-bond donors (Lipinski definition) is 2. The molecular weight excluding hydrogens is 312 g/mol. The molecule has 3 aromatic rings. The minimum atomic E-state index is -0.111. The normalized spacial score (nSPS) is 10.9. The monoisotopic (exact) mass is 330 g/mol. The van der Waals surface area contributed by atoms with Crippen molar-refractivity contribution in [2.75, 3.05) is 18.4 Å². The first-order valence-corrected chi connectivity index (χ1v) is 8.33. The van der Waals surface area contributed by atoms with E-state index in [-0.39, 0.29) is 5.91 Å². The van der Waals surface area contributed by atoms with Gasteiger partial charge >= 0.3 is 0 Å². The largest absolute Gasteiger partial charge is 0.441 e. The zero-order chi connectivity index (χ0) is 16.2. The summed E-state index contributed by atoms with van der Waals surface area (Å²) in [5.74, 6) is 0.515. The van der Waals surface area contributed by atoms with Crippen molar-refractivity contribution < 1.29 is 9.21 Å². The van der Waals surface area contributed by atoms with Crippen LogP contribution in [0.25, 0.3) is 11.1 Å². The van der Waals surface area contributed by atoms with Gasteiger partial charge in [-0.05, 0) is 26.0 Å². The molecule has 0 aliphatic rings. The number of nitrogens with zero attached hydrogens (tertiary/aromatic N) is 2. The summed E-state index contributed by atoms with van der Waals surface area (Å²) < 4.78 is 5.63. The van der Waals surface area contributed by atoms with Crippen LogP contribution in [0, 0.1) is 6.92 Å². The van der Waals surface area contributed by atoms with Crippen molar-refractivity contribution in [3.63, 3.8) is 0 Å². The molecule has 0 radical (unpaired) electrons. The summed E-state index contributed by atoms with van der Waals surface area (Å²) >= 11 is 1.37. The van der Waals surface area contributed by atoms with Crippen molar-refractivity contribution in [3.8, 4) is 0 Å². The van der Waals surface area contributed by atoms with E-state index >= 15 is 0 Å². The first-order valence-electron chi connectivity index (χ1n) is 7.51. The fraction of sp³-hybridized carbons (Fsp3) is 0.312. The molecule has 2 aromatic heterocycles. The van der Waals surface area contributed by atoms with Gasteiger partial charge < -0.3 is 15.1 Å². The van der Waals surface area contributed by atoms with E-state index in [4.69, 9.17) is 4.42 Å². The number of carbonyl (C=O) groups excluding carboxylic acids is 1. The Balaban J connectivity index is 1.58. The summed E-state index contributed by atoms with van der Waals surface area (Å²) in [6.07, 6.45) is 0.554. The molecule has 3 rings (SSSR count). The second-order valence-corrected chi connectivity index (χ2v) is 6.04. The number of carbonyl (C=O) groups is 1. The molecular formula is C16H18N4O2S. The zero-order valence-corrected chi connectivity index (χ0v) is 13.9. The van der Waals surface area contributed by atoms with E-state index < -0.39 is 0 Å². The molecule has 0 saturated carbocycles. The van der Waals surface area contributed by atoms with E-state index in [1.807, 2.05) is 38.1 Å². The second kappa shape index (κ2) is 6.78. The highest BCUT2D eigenvalue weighted by atomic mass is 32.1. The van der Waals surface area contributed by atoms with Crippen molar-refractivity contribution in [3.05, 3.63) is 40.7 Å². The van der Waals surface area contributed by atoms with E-state index in [0.717, 1.165) is 28.5 Å². The highest BCUT2D eigenvalue weighted by Gasteiger charge is 2.15. The predicted octanol–water partition coefficient (Wildman–Crippen LogP) is 3.00. The third-order valence-corrected chi connectivity index (χ3v) is 4.41. The van der Waals surface area contributed by atoms with Crippen LogP contribution in [0.3, 0.4) is 0 Å². The van der Waals surface area contributed by atoms with Crippen molar-refractivity contribution >= 4 is 33.5 Å². The van der Waals surface area contributed by atoms with Gasteiger partial charge in [-0.2, -0.15) is 0 Å². The maximum absolute atomic E-state index is 12.2. The van der Waals surface area contributed by atoms with E-state index in [1.165, 1.54) is 11.3 Å². The Bertz CT molecular complexity index is 791. The lowest BCUT2D eigenvalue weighted by Crippen LogP contribution is -2.25. The highest BCUT2D eigenvalue weighted by Crippen LogP contribution is 2.22. The Hall–Kier alpha value is -2.41. The van der Waals surface area contributed by atoms with Crippen LogP contribution >= 0.6 is 11.3 Å². The molecule has 0 fully saturated rings. The van der Waals surface area contributed by atoms with Crippen LogP contribution in [0.5, 0.6) is 0 Å². The van der Waals surface area contributed by atoms with Crippen molar-refractivity contribution in [2.45, 2.75) is 20.3 Å². The van der Waals surface area contributed by atoms with Gasteiger partial charge in [-0.1, -0.05) is 23.5 Å². The predicted molar refractivity (Wildman–Crippen MR) is 91.1 cm³/mol. The van der Waals surface area contributed by atoms with Crippen LogP contribution in [0.15, 0.2) is 28.7 Å². The minimum absolute atomic E-state index is 0.111. The summed E-state index contributed by atoms with van der Waals surface area (Å²) in [5.41, 5.74) is 2.34. The molecule has 2 N–H and O–H groups in total. The van der Waals surface area contributed by atoms with E-state index in [9.17, 15) is 4.79 Å². The maximum atomic E-state index is 12.2. The smallest absolute Gasteiger partial charge is 0.263 e. The topological polar surface area (TPSA) is 80.0 Å². The number of amides is 1. The second-order valence-electron chi connectivity index (χ2n) is 5.05. The summed E-state index contributed by atoms with van der Waals surface area (Å²) in [6.45, 7) is 5.09. The van der Waals surface area contributed by atoms with Gasteiger partial charge in [0.15, 0.2) is 16.6 Å². The van der Waals surface area contributed by atoms with Crippen molar-refractivity contribution in [1.29, 1.82) is 0 Å². The van der Waals surface area contributed by atoms with Gasteiger partial charge in [0, 0.05) is 19.5 Å². The molecule has 1 amide bonds. The molecule has 0 aliphatic carbocycles. The number of anilines is 1. The Morgan fingerprint density at radius 3 is 2.91 bits per heavy atom. The summed E-state index contributed by atoms with van der Waals surface area (Å²) in [6, 6.07) is 7.62. The van der Waals surface area contributed by atoms with Gasteiger partial charge in [0.2, 0.25) is 0 Å². The minimum Gasteiger partial charge on any atom is -0.441 e. The average molecular weight is 330 g/mol. The van der Waals surface area contributed by atoms with Crippen LogP contribution in [0.2, 0.25) is 0 Å². The number of aromatic nitrogens is 2. The molecule has 6 nitrogen and oxygen atoms in total. The lowest BCUT2D eigenvalue weighted by molar-refractivity contribution is 0.0957. The zero-order valence-electron chi connectivity index (χ0n) is 13.0. The molecule has 23 heavy (non-hydrogen) atoms. The number of oxazole rings is 1. The third-order valence-electron chi connectivity index (χ3n) is 3.29. The van der Waals surface area contributed by atoms with Gasteiger partial charge in [-0.25, -0.2) is 9.97 Å². The number of benzene rings is 1. The number of rotatable bonds is 6. The molecule has 0 atom stereocenters. The molecule has 1 aromatic carbocycles. The number of aryl methyl sites for hydroxylation is 1. The average Bonchev–Trinajstić information content (AvgIpc) is 3.10. The van der Waals surface area contributed by atoms with Crippen molar-refractivity contribution in [1.82, 2.24) is 15.3 Å². The van der Waals surface area contributed by atoms with Crippen LogP contribution in [0.1, 0.15) is 28.2 Å². The van der Waals surface area contributed by atoms with Crippen LogP contribution in [0.4, 0.5) is 5.13 Å². The van der Waals surface area contributed by atoms with Crippen molar-refractivity contribution in [2.24, 2.45) is 0 Å². The Labute approximate surface area is 137 Å². The Morgan fingerprint density at radius 2 is 2.13 bits per heavy atom. The number of nitrogens with one attached hydrogen (secondary N) is 2. The van der Waals surface area contributed by atoms with E-state index in [1.54, 1.807) is 0 Å². The Kier molecular flexibility index (Phi) is 4.57. The molecule has 0 unspecified atom stereocenters. The molecule has 0 bridgehead atoms. The van der Waals surface area contributed by atoms with Crippen LogP contribution < -0.4 is 10.6 Å². The fourth-order valence-electron chi connectivity index (χ4n) is 2.22. The van der Waals surface area contributed by atoms with E-state index in [0.29, 0.717) is 23.7 Å². The SMILES string of the molecule is CCNc1nc(C)c(C(=O)NCCc2nc3ccccc3o2)s1. The number of thiazole rings is 1. The molecule has 0 saturated heterocycles. The highest BCUT2D eigenvalue weighted by molar-refractivity contribution is 7.17. The van der Waals surface area contributed by atoms with Gasteiger partial charge in [0.1, 0.15) is 10.4 Å². The van der Waals surface area contributed by atoms with Gasteiger partial charge in [0.05, 0.1) is 5.69 Å². The van der Waals surface area contributed by atoms with Gasteiger partial charge in [-0.3, -0.25) is 4.79 Å². The van der Waals surface area contributed by atoms with Gasteiger partial charge in [-0.15, -0.1) is 0 Å². The number of para-hydroxylation sites is 2. The lowest BCUT2D eigenvalue weighted by atomic mass is 10.3. The molecule has 120 valence electrons. The first kappa shape index (κ1) is 15.5. The molecule has 0 aliphatic heterocycles. The first-order chi connectivity index (χ1) is 11.2. The number of fused-ring (bicyclic) bond motifs is 1. The van der Waals surface area contributed by atoms with Crippen LogP contribution in [-0.2, 0) is 6.42 Å². The van der Waals surface area contributed by atoms with Gasteiger partial charge in [0.25, 0.3) is 5.91 Å². The fourth-order valence-corrected chi connectivity index (χ4v) is 3.17. The molecule has 2 heterocycles. The third kappa shape index (κ3) is 3.50. The summed E-state index contributed by atoms with van der Waals surface area (Å²) in [5, 5.41) is 6.79. The molecule has 0 spiro atoms. The Morgan fingerprint density at radius 1 is 1.30 bits per heavy atom. The quantitative estimate of drug-likeness (QED) is 0.726. The van der Waals surface area contributed by atoms with Crippen LogP contribution in [-0.4, -0.2) is 29.0 Å². The maximum Gasteiger partial charge on any atom is 0.263 e. The summed E-state index contributed by atoms with van der Waals surface area (Å²) in [7, 11) is 0.